The Morgan fingerprint density at radius 3 is 2.59 bits per heavy atom. The molecular weight excluding hydrogens is 222 g/mol. The van der Waals surface area contributed by atoms with Crippen LogP contribution in [0.1, 0.15) is 24.7 Å². The van der Waals surface area contributed by atoms with Gasteiger partial charge in [0.15, 0.2) is 0 Å². The summed E-state index contributed by atoms with van der Waals surface area (Å²) in [5.41, 5.74) is 0.0860. The Labute approximate surface area is 98.9 Å². The van der Waals surface area contributed by atoms with Crippen LogP contribution in [0.3, 0.4) is 0 Å². The van der Waals surface area contributed by atoms with Gasteiger partial charge in [-0.3, -0.25) is 0 Å². The summed E-state index contributed by atoms with van der Waals surface area (Å²) in [4.78, 5) is 4.18. The highest BCUT2D eigenvalue weighted by molar-refractivity contribution is 5.20. The van der Waals surface area contributed by atoms with Gasteiger partial charge < -0.3 is 4.57 Å². The van der Waals surface area contributed by atoms with E-state index in [4.69, 9.17) is 0 Å². The number of halogens is 2. The lowest BCUT2D eigenvalue weighted by Crippen LogP contribution is -2.07. The Balaban J connectivity index is 2.28. The van der Waals surface area contributed by atoms with Crippen molar-refractivity contribution in [3.8, 4) is 0 Å². The van der Waals surface area contributed by atoms with E-state index in [0.717, 1.165) is 18.7 Å². The van der Waals surface area contributed by atoms with E-state index in [1.54, 1.807) is 17.0 Å². The molecule has 0 aliphatic carbocycles. The van der Waals surface area contributed by atoms with Gasteiger partial charge >= 0.3 is 0 Å². The van der Waals surface area contributed by atoms with E-state index in [2.05, 4.69) is 4.98 Å². The van der Waals surface area contributed by atoms with Crippen LogP contribution < -0.4 is 0 Å². The lowest BCUT2D eigenvalue weighted by molar-refractivity contribution is 0.540. The molecule has 4 heteroatoms. The molecule has 2 nitrogen and oxygen atoms in total. The molecule has 0 unspecified atom stereocenters. The first-order valence-electron chi connectivity index (χ1n) is 5.65. The van der Waals surface area contributed by atoms with Crippen molar-refractivity contribution in [3.05, 3.63) is 53.6 Å². The van der Waals surface area contributed by atoms with Gasteiger partial charge in [0.2, 0.25) is 0 Å². The first kappa shape index (κ1) is 11.8. The van der Waals surface area contributed by atoms with Crippen LogP contribution >= 0.6 is 0 Å². The molecule has 2 rings (SSSR count). The third kappa shape index (κ3) is 2.52. The molecule has 0 amide bonds. The second-order valence-corrected chi connectivity index (χ2v) is 3.92. The standard InChI is InChI=1S/C13H14F2N2/c1-2-4-13-16-7-8-17(13)9-10-11(14)5-3-6-12(10)15/h3,5-8H,2,4,9H2,1H3. The van der Waals surface area contributed by atoms with Crippen LogP contribution in [0, 0.1) is 11.6 Å². The molecule has 0 bridgehead atoms. The highest BCUT2D eigenvalue weighted by Gasteiger charge is 2.10. The van der Waals surface area contributed by atoms with Crippen molar-refractivity contribution in [1.82, 2.24) is 9.55 Å². The molecule has 2 aromatic rings. The van der Waals surface area contributed by atoms with Gasteiger partial charge in [0.25, 0.3) is 0 Å². The van der Waals surface area contributed by atoms with Crippen molar-refractivity contribution < 1.29 is 8.78 Å². The molecule has 1 aromatic carbocycles. The summed E-state index contributed by atoms with van der Waals surface area (Å²) in [6, 6.07) is 3.92. The number of hydrogen-bond acceptors (Lipinski definition) is 1. The number of benzene rings is 1. The van der Waals surface area contributed by atoms with Gasteiger partial charge in [0.1, 0.15) is 17.5 Å². The van der Waals surface area contributed by atoms with E-state index >= 15 is 0 Å². The average Bonchev–Trinajstić information content (AvgIpc) is 2.72. The van der Waals surface area contributed by atoms with Crippen LogP contribution in [-0.2, 0) is 13.0 Å². The Hall–Kier alpha value is -1.71. The molecular formula is C13H14F2N2. The predicted octanol–water partition coefficient (Wildman–Crippen LogP) is 3.16. The first-order valence-corrected chi connectivity index (χ1v) is 5.65. The fourth-order valence-electron chi connectivity index (χ4n) is 1.79. The third-order valence-electron chi connectivity index (χ3n) is 2.67. The number of hydrogen-bond donors (Lipinski definition) is 0. The molecule has 0 N–H and O–H groups in total. The maximum atomic E-state index is 13.5. The van der Waals surface area contributed by atoms with E-state index in [0.29, 0.717) is 0 Å². The van der Waals surface area contributed by atoms with Gasteiger partial charge in [-0.1, -0.05) is 13.0 Å². The second-order valence-electron chi connectivity index (χ2n) is 3.92. The molecule has 0 saturated heterocycles. The number of imidazole rings is 1. The van der Waals surface area contributed by atoms with Gasteiger partial charge in [0.05, 0.1) is 6.54 Å². The highest BCUT2D eigenvalue weighted by Crippen LogP contribution is 2.15. The topological polar surface area (TPSA) is 17.8 Å². The van der Waals surface area contributed by atoms with Gasteiger partial charge in [-0.2, -0.15) is 0 Å². The zero-order chi connectivity index (χ0) is 12.3. The average molecular weight is 236 g/mol. The second kappa shape index (κ2) is 5.08. The summed E-state index contributed by atoms with van der Waals surface area (Å²) in [6.07, 6.45) is 5.17. The quantitative estimate of drug-likeness (QED) is 0.797. The summed E-state index contributed by atoms with van der Waals surface area (Å²) in [5, 5.41) is 0. The van der Waals surface area contributed by atoms with Gasteiger partial charge in [-0.15, -0.1) is 0 Å². The molecule has 0 radical (unpaired) electrons. The lowest BCUT2D eigenvalue weighted by atomic mass is 10.2. The minimum atomic E-state index is -0.513. The van der Waals surface area contributed by atoms with E-state index < -0.39 is 11.6 Å². The van der Waals surface area contributed by atoms with Crippen molar-refractivity contribution in [2.45, 2.75) is 26.3 Å². The number of rotatable bonds is 4. The van der Waals surface area contributed by atoms with Crippen molar-refractivity contribution in [2.75, 3.05) is 0 Å². The van der Waals surface area contributed by atoms with Crippen molar-refractivity contribution in [2.24, 2.45) is 0 Å². The summed E-state index contributed by atoms with van der Waals surface area (Å²) < 4.78 is 28.8. The fraction of sp³-hybridized carbons (Fsp3) is 0.308. The summed E-state index contributed by atoms with van der Waals surface area (Å²) in [7, 11) is 0. The van der Waals surface area contributed by atoms with Gasteiger partial charge in [0, 0.05) is 24.4 Å². The smallest absolute Gasteiger partial charge is 0.131 e. The summed E-state index contributed by atoms with van der Waals surface area (Å²) in [5.74, 6) is -0.169. The Kier molecular flexibility index (Phi) is 3.52. The lowest BCUT2D eigenvalue weighted by Gasteiger charge is -2.09. The van der Waals surface area contributed by atoms with Crippen LogP contribution in [0.25, 0.3) is 0 Å². The molecule has 0 aliphatic rings. The molecule has 90 valence electrons. The Morgan fingerprint density at radius 1 is 1.24 bits per heavy atom. The van der Waals surface area contributed by atoms with Crippen molar-refractivity contribution in [3.63, 3.8) is 0 Å². The SMILES string of the molecule is CCCc1nccn1Cc1c(F)cccc1F. The maximum Gasteiger partial charge on any atom is 0.131 e. The minimum Gasteiger partial charge on any atom is -0.330 e. The third-order valence-corrected chi connectivity index (χ3v) is 2.67. The van der Waals surface area contributed by atoms with Crippen LogP contribution in [0.15, 0.2) is 30.6 Å². The van der Waals surface area contributed by atoms with E-state index in [1.165, 1.54) is 18.2 Å². The number of nitrogens with zero attached hydrogens (tertiary/aromatic N) is 2. The highest BCUT2D eigenvalue weighted by atomic mass is 19.1. The molecule has 1 heterocycles. The monoisotopic (exact) mass is 236 g/mol. The van der Waals surface area contributed by atoms with E-state index in [9.17, 15) is 8.78 Å². The summed E-state index contributed by atoms with van der Waals surface area (Å²) >= 11 is 0. The van der Waals surface area contributed by atoms with E-state index in [-0.39, 0.29) is 12.1 Å². The molecule has 0 aliphatic heterocycles. The zero-order valence-corrected chi connectivity index (χ0v) is 9.66. The molecule has 0 saturated carbocycles. The normalized spacial score (nSPS) is 10.8. The van der Waals surface area contributed by atoms with Crippen LogP contribution in [0.5, 0.6) is 0 Å². The maximum absolute atomic E-state index is 13.5. The van der Waals surface area contributed by atoms with E-state index in [1.807, 2.05) is 6.92 Å². The zero-order valence-electron chi connectivity index (χ0n) is 9.66. The number of aryl methyl sites for hydroxylation is 1. The molecule has 17 heavy (non-hydrogen) atoms. The predicted molar refractivity (Wildman–Crippen MR) is 61.7 cm³/mol. The first-order chi connectivity index (χ1) is 8.22. The number of aromatic nitrogens is 2. The minimum absolute atomic E-state index is 0.0860. The van der Waals surface area contributed by atoms with Gasteiger partial charge in [-0.05, 0) is 18.6 Å². The van der Waals surface area contributed by atoms with Crippen molar-refractivity contribution >= 4 is 0 Å². The Bertz CT molecular complexity index is 486. The Morgan fingerprint density at radius 2 is 1.94 bits per heavy atom. The largest absolute Gasteiger partial charge is 0.330 e. The molecule has 0 spiro atoms. The van der Waals surface area contributed by atoms with Crippen LogP contribution in [-0.4, -0.2) is 9.55 Å². The molecule has 0 atom stereocenters. The van der Waals surface area contributed by atoms with Crippen LogP contribution in [0.4, 0.5) is 8.78 Å². The van der Waals surface area contributed by atoms with Gasteiger partial charge in [-0.25, -0.2) is 13.8 Å². The molecule has 0 fully saturated rings. The molecule has 1 aromatic heterocycles. The van der Waals surface area contributed by atoms with Crippen molar-refractivity contribution in [1.29, 1.82) is 0 Å². The fourth-order valence-corrected chi connectivity index (χ4v) is 1.79. The van der Waals surface area contributed by atoms with Crippen LogP contribution in [0.2, 0.25) is 0 Å². The summed E-state index contributed by atoms with van der Waals surface area (Å²) in [6.45, 7) is 2.23.